The Bertz CT molecular complexity index is 148. The molecule has 0 aromatic carbocycles. The largest absolute Gasteiger partial charge is 0.375 e. The molecule has 1 aliphatic carbocycles. The molecule has 90 valence electrons. The fraction of sp³-hybridized carbons (Fsp3) is 1.00. The molecule has 1 aliphatic rings. The Balaban J connectivity index is 2.38. The lowest BCUT2D eigenvalue weighted by molar-refractivity contribution is -0.0525. The zero-order valence-electron chi connectivity index (χ0n) is 10.7. The predicted octanol–water partition coefficient (Wildman–Crippen LogP) is 3.54. The molecule has 1 fully saturated rings. The van der Waals surface area contributed by atoms with E-state index >= 15 is 0 Å². The van der Waals surface area contributed by atoms with Crippen LogP contribution in [0.3, 0.4) is 0 Å². The van der Waals surface area contributed by atoms with Crippen LogP contribution in [0, 0.1) is 0 Å². The molecule has 0 spiro atoms. The summed E-state index contributed by atoms with van der Waals surface area (Å²) in [5.41, 5.74) is 0. The number of rotatable bonds is 4. The highest BCUT2D eigenvalue weighted by Gasteiger charge is 2.22. The minimum atomic E-state index is 0.341. The lowest BCUT2D eigenvalue weighted by Crippen LogP contribution is -2.25. The summed E-state index contributed by atoms with van der Waals surface area (Å²) >= 11 is 0. The average molecular weight is 214 g/mol. The van der Waals surface area contributed by atoms with Crippen molar-refractivity contribution in [2.45, 2.75) is 84.2 Å². The molecule has 0 aromatic rings. The van der Waals surface area contributed by atoms with Crippen molar-refractivity contribution in [1.29, 1.82) is 0 Å². The molecule has 15 heavy (non-hydrogen) atoms. The van der Waals surface area contributed by atoms with Gasteiger partial charge in [0.05, 0.1) is 24.4 Å². The molecule has 1 saturated carbocycles. The van der Waals surface area contributed by atoms with Crippen LogP contribution in [0.1, 0.15) is 59.8 Å². The number of hydrogen-bond acceptors (Lipinski definition) is 2. The Labute approximate surface area is 94.3 Å². The average Bonchev–Trinajstić information content (AvgIpc) is 2.28. The van der Waals surface area contributed by atoms with E-state index in [9.17, 15) is 0 Å². The molecule has 0 bridgehead atoms. The van der Waals surface area contributed by atoms with Crippen molar-refractivity contribution in [2.75, 3.05) is 0 Å². The molecule has 0 heterocycles. The van der Waals surface area contributed by atoms with Crippen molar-refractivity contribution in [3.63, 3.8) is 0 Å². The molecule has 0 aromatic heterocycles. The van der Waals surface area contributed by atoms with Crippen LogP contribution in [-0.2, 0) is 9.47 Å². The Morgan fingerprint density at radius 1 is 0.800 bits per heavy atom. The van der Waals surface area contributed by atoms with Gasteiger partial charge in [0.1, 0.15) is 0 Å². The van der Waals surface area contributed by atoms with Crippen molar-refractivity contribution in [1.82, 2.24) is 0 Å². The third kappa shape index (κ3) is 5.53. The molecule has 2 heteroatoms. The van der Waals surface area contributed by atoms with Crippen molar-refractivity contribution in [3.05, 3.63) is 0 Å². The van der Waals surface area contributed by atoms with Gasteiger partial charge < -0.3 is 9.47 Å². The van der Waals surface area contributed by atoms with E-state index in [1.165, 1.54) is 25.7 Å². The maximum atomic E-state index is 5.90. The van der Waals surface area contributed by atoms with E-state index in [1.807, 2.05) is 0 Å². The van der Waals surface area contributed by atoms with Gasteiger partial charge in [-0.1, -0.05) is 12.8 Å². The lowest BCUT2D eigenvalue weighted by Gasteiger charge is -2.24. The van der Waals surface area contributed by atoms with Crippen molar-refractivity contribution >= 4 is 0 Å². The zero-order valence-corrected chi connectivity index (χ0v) is 10.7. The number of ether oxygens (including phenoxy) is 2. The molecule has 2 atom stereocenters. The van der Waals surface area contributed by atoms with Gasteiger partial charge in [-0.15, -0.1) is 0 Å². The van der Waals surface area contributed by atoms with E-state index in [4.69, 9.17) is 9.47 Å². The molecule has 2 nitrogen and oxygen atoms in total. The van der Waals surface area contributed by atoms with Gasteiger partial charge in [-0.2, -0.15) is 0 Å². The fourth-order valence-corrected chi connectivity index (χ4v) is 2.29. The highest BCUT2D eigenvalue weighted by molar-refractivity contribution is 4.73. The molecule has 2 unspecified atom stereocenters. The summed E-state index contributed by atoms with van der Waals surface area (Å²) in [6.45, 7) is 8.46. The van der Waals surface area contributed by atoms with Crippen LogP contribution >= 0.6 is 0 Å². The van der Waals surface area contributed by atoms with Crippen LogP contribution in [0.25, 0.3) is 0 Å². The second kappa shape index (κ2) is 6.49. The van der Waals surface area contributed by atoms with Gasteiger partial charge in [0.2, 0.25) is 0 Å². The van der Waals surface area contributed by atoms with E-state index in [1.54, 1.807) is 0 Å². The van der Waals surface area contributed by atoms with E-state index in [-0.39, 0.29) is 0 Å². The van der Waals surface area contributed by atoms with Gasteiger partial charge in [0, 0.05) is 0 Å². The minimum absolute atomic E-state index is 0.341. The van der Waals surface area contributed by atoms with Crippen LogP contribution in [0.15, 0.2) is 0 Å². The van der Waals surface area contributed by atoms with Gasteiger partial charge in [0.15, 0.2) is 0 Å². The van der Waals surface area contributed by atoms with Crippen LogP contribution in [0.5, 0.6) is 0 Å². The van der Waals surface area contributed by atoms with Crippen LogP contribution in [0.2, 0.25) is 0 Å². The summed E-state index contributed by atoms with van der Waals surface area (Å²) < 4.78 is 11.8. The smallest absolute Gasteiger partial charge is 0.0603 e. The maximum Gasteiger partial charge on any atom is 0.0603 e. The first-order valence-electron chi connectivity index (χ1n) is 6.39. The second-order valence-electron chi connectivity index (χ2n) is 5.13. The highest BCUT2D eigenvalue weighted by Crippen LogP contribution is 2.24. The van der Waals surface area contributed by atoms with Crippen LogP contribution in [-0.4, -0.2) is 24.4 Å². The second-order valence-corrected chi connectivity index (χ2v) is 5.13. The fourth-order valence-electron chi connectivity index (χ4n) is 2.29. The molecule has 0 amide bonds. The minimum Gasteiger partial charge on any atom is -0.375 e. The first-order chi connectivity index (χ1) is 7.08. The number of hydrogen-bond donors (Lipinski definition) is 0. The zero-order chi connectivity index (χ0) is 11.3. The SMILES string of the molecule is CC(C)OC1CCCCC(OC(C)C)C1. The van der Waals surface area contributed by atoms with E-state index in [2.05, 4.69) is 27.7 Å². The molecule has 1 rings (SSSR count). The quantitative estimate of drug-likeness (QED) is 0.666. The van der Waals surface area contributed by atoms with Crippen LogP contribution < -0.4 is 0 Å². The van der Waals surface area contributed by atoms with E-state index in [0.717, 1.165) is 6.42 Å². The maximum absolute atomic E-state index is 5.90. The topological polar surface area (TPSA) is 18.5 Å². The molecule has 0 radical (unpaired) electrons. The van der Waals surface area contributed by atoms with Crippen molar-refractivity contribution in [2.24, 2.45) is 0 Å². The summed E-state index contributed by atoms with van der Waals surface area (Å²) in [7, 11) is 0. The Morgan fingerprint density at radius 2 is 1.20 bits per heavy atom. The monoisotopic (exact) mass is 214 g/mol. The standard InChI is InChI=1S/C13H26O2/c1-10(2)14-12-7-5-6-8-13(9-12)15-11(3)4/h10-13H,5-9H2,1-4H3. The molecule has 0 aliphatic heterocycles. The lowest BCUT2D eigenvalue weighted by atomic mass is 10.1. The molecular weight excluding hydrogens is 188 g/mol. The third-order valence-corrected chi connectivity index (χ3v) is 2.76. The van der Waals surface area contributed by atoms with Gasteiger partial charge in [-0.3, -0.25) is 0 Å². The normalized spacial score (nSPS) is 28.4. The van der Waals surface area contributed by atoms with Crippen molar-refractivity contribution in [3.8, 4) is 0 Å². The summed E-state index contributed by atoms with van der Waals surface area (Å²) in [5, 5.41) is 0. The van der Waals surface area contributed by atoms with Gasteiger partial charge in [0.25, 0.3) is 0 Å². The van der Waals surface area contributed by atoms with Crippen LogP contribution in [0.4, 0.5) is 0 Å². The van der Waals surface area contributed by atoms with Gasteiger partial charge >= 0.3 is 0 Å². The Hall–Kier alpha value is -0.0800. The Morgan fingerprint density at radius 3 is 1.53 bits per heavy atom. The summed E-state index contributed by atoms with van der Waals surface area (Å²) in [6, 6.07) is 0. The molecule has 0 saturated heterocycles. The molecular formula is C13H26O2. The van der Waals surface area contributed by atoms with Crippen molar-refractivity contribution < 1.29 is 9.47 Å². The highest BCUT2D eigenvalue weighted by atomic mass is 16.5. The van der Waals surface area contributed by atoms with E-state index < -0.39 is 0 Å². The van der Waals surface area contributed by atoms with E-state index in [0.29, 0.717) is 24.4 Å². The third-order valence-electron chi connectivity index (χ3n) is 2.76. The first kappa shape index (κ1) is 13.0. The summed E-state index contributed by atoms with van der Waals surface area (Å²) in [4.78, 5) is 0. The summed E-state index contributed by atoms with van der Waals surface area (Å²) in [5.74, 6) is 0. The Kier molecular flexibility index (Phi) is 5.62. The predicted molar refractivity (Wildman–Crippen MR) is 63.1 cm³/mol. The van der Waals surface area contributed by atoms with Gasteiger partial charge in [-0.05, 0) is 47.0 Å². The molecule has 0 N–H and O–H groups in total. The first-order valence-corrected chi connectivity index (χ1v) is 6.39. The summed E-state index contributed by atoms with van der Waals surface area (Å²) in [6.07, 6.45) is 7.57. The van der Waals surface area contributed by atoms with Gasteiger partial charge in [-0.25, -0.2) is 0 Å².